The Hall–Kier alpha value is -0.710. The zero-order valence-corrected chi connectivity index (χ0v) is 12.2. The van der Waals surface area contributed by atoms with Gasteiger partial charge in [0.1, 0.15) is 5.54 Å². The molecule has 1 saturated heterocycles. The lowest BCUT2D eigenvalue weighted by molar-refractivity contribution is -0.151. The monoisotopic (exact) mass is 270 g/mol. The standard InChI is InChI=1S/C13H22N2O2S/c1-4-18-8-9(2)15-7-11(16)14-13(3,12(15)17)10-5-6-10/h9-10H,4-8H2,1-3H3,(H,14,16). The molecule has 2 unspecified atom stereocenters. The van der Waals surface area contributed by atoms with E-state index in [1.165, 1.54) is 0 Å². The van der Waals surface area contributed by atoms with E-state index in [4.69, 9.17) is 0 Å². The molecule has 5 heteroatoms. The van der Waals surface area contributed by atoms with Crippen LogP contribution in [-0.4, -0.2) is 46.3 Å². The van der Waals surface area contributed by atoms with E-state index >= 15 is 0 Å². The van der Waals surface area contributed by atoms with Crippen molar-refractivity contribution in [1.29, 1.82) is 0 Å². The molecular weight excluding hydrogens is 248 g/mol. The highest BCUT2D eigenvalue weighted by atomic mass is 32.2. The molecule has 0 bridgehead atoms. The van der Waals surface area contributed by atoms with Crippen molar-refractivity contribution in [3.63, 3.8) is 0 Å². The third kappa shape index (κ3) is 2.51. The fraction of sp³-hybridized carbons (Fsp3) is 0.846. The summed E-state index contributed by atoms with van der Waals surface area (Å²) >= 11 is 1.81. The van der Waals surface area contributed by atoms with Gasteiger partial charge in [-0.2, -0.15) is 11.8 Å². The Labute approximate surface area is 113 Å². The lowest BCUT2D eigenvalue weighted by Crippen LogP contribution is -2.68. The number of hydrogen-bond acceptors (Lipinski definition) is 3. The average molecular weight is 270 g/mol. The van der Waals surface area contributed by atoms with Crippen molar-refractivity contribution in [2.45, 2.75) is 45.2 Å². The second-order valence-electron chi connectivity index (χ2n) is 5.47. The molecule has 1 aliphatic carbocycles. The molecule has 0 aromatic carbocycles. The van der Waals surface area contributed by atoms with Gasteiger partial charge >= 0.3 is 0 Å². The average Bonchev–Trinajstić information content (AvgIpc) is 3.15. The number of rotatable bonds is 5. The van der Waals surface area contributed by atoms with Crippen LogP contribution in [0, 0.1) is 5.92 Å². The topological polar surface area (TPSA) is 49.4 Å². The predicted octanol–water partition coefficient (Wildman–Crippen LogP) is 1.26. The number of thioether (sulfide) groups is 1. The summed E-state index contributed by atoms with van der Waals surface area (Å²) in [7, 11) is 0. The molecule has 2 atom stereocenters. The van der Waals surface area contributed by atoms with E-state index in [1.807, 2.05) is 25.6 Å². The Morgan fingerprint density at radius 1 is 1.50 bits per heavy atom. The maximum Gasteiger partial charge on any atom is 0.249 e. The van der Waals surface area contributed by atoms with Crippen molar-refractivity contribution in [1.82, 2.24) is 10.2 Å². The number of nitrogens with zero attached hydrogens (tertiary/aromatic N) is 1. The first kappa shape index (κ1) is 13.7. The van der Waals surface area contributed by atoms with E-state index < -0.39 is 5.54 Å². The number of carbonyl (C=O) groups excluding carboxylic acids is 2. The maximum atomic E-state index is 12.6. The summed E-state index contributed by atoms with van der Waals surface area (Å²) in [5, 5.41) is 2.91. The minimum Gasteiger partial charge on any atom is -0.340 e. The summed E-state index contributed by atoms with van der Waals surface area (Å²) in [5.41, 5.74) is -0.652. The highest BCUT2D eigenvalue weighted by Gasteiger charge is 2.53. The predicted molar refractivity (Wildman–Crippen MR) is 73.4 cm³/mol. The summed E-state index contributed by atoms with van der Waals surface area (Å²) in [6.07, 6.45) is 2.10. The molecule has 2 amide bonds. The van der Waals surface area contributed by atoms with Crippen molar-refractivity contribution >= 4 is 23.6 Å². The third-order valence-electron chi connectivity index (χ3n) is 3.91. The fourth-order valence-corrected chi connectivity index (χ4v) is 3.34. The van der Waals surface area contributed by atoms with E-state index in [0.717, 1.165) is 24.3 Å². The van der Waals surface area contributed by atoms with Crippen LogP contribution in [0.15, 0.2) is 0 Å². The molecule has 0 radical (unpaired) electrons. The lowest BCUT2D eigenvalue weighted by atomic mass is 9.91. The smallest absolute Gasteiger partial charge is 0.249 e. The second-order valence-corrected chi connectivity index (χ2v) is 6.79. The molecule has 2 fully saturated rings. The zero-order valence-electron chi connectivity index (χ0n) is 11.4. The molecular formula is C13H22N2O2S. The van der Waals surface area contributed by atoms with Gasteiger partial charge in [-0.25, -0.2) is 0 Å². The highest BCUT2D eigenvalue weighted by molar-refractivity contribution is 7.99. The quantitative estimate of drug-likeness (QED) is 0.818. The summed E-state index contributed by atoms with van der Waals surface area (Å²) in [4.78, 5) is 26.2. The molecule has 18 heavy (non-hydrogen) atoms. The summed E-state index contributed by atoms with van der Waals surface area (Å²) in [5.74, 6) is 2.36. The van der Waals surface area contributed by atoms with Gasteiger partial charge in [-0.15, -0.1) is 0 Å². The SMILES string of the molecule is CCSCC(C)N1CC(=O)NC(C)(C2CC2)C1=O. The second kappa shape index (κ2) is 5.11. The number of hydrogen-bond donors (Lipinski definition) is 1. The Morgan fingerprint density at radius 3 is 2.72 bits per heavy atom. The van der Waals surface area contributed by atoms with Crippen LogP contribution in [-0.2, 0) is 9.59 Å². The Kier molecular flexibility index (Phi) is 3.90. The first-order valence-corrected chi connectivity index (χ1v) is 7.84. The molecule has 4 nitrogen and oxygen atoms in total. The number of carbonyl (C=O) groups is 2. The number of nitrogens with one attached hydrogen (secondary N) is 1. The molecule has 1 saturated carbocycles. The summed E-state index contributed by atoms with van der Waals surface area (Å²) in [6.45, 7) is 6.24. The minimum absolute atomic E-state index is 0.0163. The van der Waals surface area contributed by atoms with Gasteiger partial charge in [0.25, 0.3) is 0 Å². The Bertz CT molecular complexity index is 357. The van der Waals surface area contributed by atoms with Crippen molar-refractivity contribution in [2.75, 3.05) is 18.1 Å². The molecule has 1 N–H and O–H groups in total. The van der Waals surface area contributed by atoms with Gasteiger partial charge in [0.15, 0.2) is 0 Å². The van der Waals surface area contributed by atoms with E-state index in [0.29, 0.717) is 5.92 Å². The van der Waals surface area contributed by atoms with Gasteiger partial charge < -0.3 is 10.2 Å². The van der Waals surface area contributed by atoms with Gasteiger partial charge in [0.2, 0.25) is 11.8 Å². The van der Waals surface area contributed by atoms with Crippen molar-refractivity contribution in [3.05, 3.63) is 0 Å². The molecule has 2 rings (SSSR count). The van der Waals surface area contributed by atoms with Crippen LogP contribution in [0.2, 0.25) is 0 Å². The minimum atomic E-state index is -0.652. The third-order valence-corrected chi connectivity index (χ3v) is 5.03. The van der Waals surface area contributed by atoms with Gasteiger partial charge in [0.05, 0.1) is 6.54 Å². The van der Waals surface area contributed by atoms with Gasteiger partial charge in [-0.1, -0.05) is 6.92 Å². The van der Waals surface area contributed by atoms with Crippen LogP contribution in [0.4, 0.5) is 0 Å². The van der Waals surface area contributed by atoms with Gasteiger partial charge in [-0.05, 0) is 38.4 Å². The van der Waals surface area contributed by atoms with Crippen LogP contribution in [0.1, 0.15) is 33.6 Å². The van der Waals surface area contributed by atoms with Gasteiger partial charge in [-0.3, -0.25) is 9.59 Å². The molecule has 102 valence electrons. The van der Waals surface area contributed by atoms with Crippen molar-refractivity contribution in [3.8, 4) is 0 Å². The maximum absolute atomic E-state index is 12.6. The first-order valence-electron chi connectivity index (χ1n) is 6.69. The van der Waals surface area contributed by atoms with E-state index in [9.17, 15) is 9.59 Å². The summed E-state index contributed by atoms with van der Waals surface area (Å²) in [6, 6.07) is 0.131. The van der Waals surface area contributed by atoms with Crippen LogP contribution in [0.25, 0.3) is 0 Å². The van der Waals surface area contributed by atoms with E-state index in [-0.39, 0.29) is 24.4 Å². The summed E-state index contributed by atoms with van der Waals surface area (Å²) < 4.78 is 0. The molecule has 1 heterocycles. The highest BCUT2D eigenvalue weighted by Crippen LogP contribution is 2.41. The van der Waals surface area contributed by atoms with Crippen LogP contribution >= 0.6 is 11.8 Å². The van der Waals surface area contributed by atoms with Crippen LogP contribution in [0.3, 0.4) is 0 Å². The number of amides is 2. The van der Waals surface area contributed by atoms with Crippen LogP contribution in [0.5, 0.6) is 0 Å². The van der Waals surface area contributed by atoms with Crippen LogP contribution < -0.4 is 5.32 Å². The molecule has 0 aromatic heterocycles. The zero-order chi connectivity index (χ0) is 13.3. The van der Waals surface area contributed by atoms with Crippen molar-refractivity contribution < 1.29 is 9.59 Å². The van der Waals surface area contributed by atoms with E-state index in [1.54, 1.807) is 4.90 Å². The first-order chi connectivity index (χ1) is 8.49. The lowest BCUT2D eigenvalue weighted by Gasteiger charge is -2.42. The van der Waals surface area contributed by atoms with Crippen molar-refractivity contribution in [2.24, 2.45) is 5.92 Å². The normalized spacial score (nSPS) is 30.3. The van der Waals surface area contributed by atoms with E-state index in [2.05, 4.69) is 12.2 Å². The number of piperazine rings is 1. The molecule has 1 aliphatic heterocycles. The van der Waals surface area contributed by atoms with Gasteiger partial charge in [0, 0.05) is 11.8 Å². The largest absolute Gasteiger partial charge is 0.340 e. The molecule has 0 spiro atoms. The Balaban J connectivity index is 2.10. The fourth-order valence-electron chi connectivity index (χ4n) is 2.58. The molecule has 2 aliphatic rings. The molecule has 0 aromatic rings. The Morgan fingerprint density at radius 2 is 2.17 bits per heavy atom.